The minimum absolute atomic E-state index is 0.242. The fraction of sp³-hybridized carbons (Fsp3) is 0.923. The van der Waals surface area contributed by atoms with Gasteiger partial charge in [-0.3, -0.25) is 4.79 Å². The van der Waals surface area contributed by atoms with Gasteiger partial charge in [0, 0.05) is 17.8 Å². The summed E-state index contributed by atoms with van der Waals surface area (Å²) in [5.41, 5.74) is 0. The van der Waals surface area contributed by atoms with E-state index in [2.05, 4.69) is 35.1 Å². The quantitative estimate of drug-likeness (QED) is 0.772. The minimum atomic E-state index is 0.242. The van der Waals surface area contributed by atoms with E-state index < -0.39 is 0 Å². The van der Waals surface area contributed by atoms with Crippen molar-refractivity contribution in [1.82, 2.24) is 5.32 Å². The second kappa shape index (κ2) is 7.31. The minimum Gasteiger partial charge on any atom is -0.353 e. The molecule has 0 bridgehead atoms. The van der Waals surface area contributed by atoms with Crippen LogP contribution in [0.3, 0.4) is 0 Å². The fourth-order valence-electron chi connectivity index (χ4n) is 2.28. The van der Waals surface area contributed by atoms with Gasteiger partial charge in [0.15, 0.2) is 0 Å². The number of carbonyl (C=O) groups is 1. The third-order valence-electron chi connectivity index (χ3n) is 3.40. The van der Waals surface area contributed by atoms with Crippen LogP contribution in [0.5, 0.6) is 0 Å². The fourth-order valence-corrected chi connectivity index (χ4v) is 3.06. The van der Waals surface area contributed by atoms with Crippen molar-refractivity contribution >= 4 is 21.8 Å². The molecule has 1 aliphatic carbocycles. The van der Waals surface area contributed by atoms with E-state index in [1.54, 1.807) is 0 Å². The van der Waals surface area contributed by atoms with E-state index in [1.165, 1.54) is 19.3 Å². The van der Waals surface area contributed by atoms with Crippen LogP contribution in [0.15, 0.2) is 0 Å². The van der Waals surface area contributed by atoms with Gasteiger partial charge >= 0.3 is 0 Å². The van der Waals surface area contributed by atoms with Gasteiger partial charge in [-0.15, -0.1) is 0 Å². The molecule has 0 saturated heterocycles. The zero-order valence-corrected chi connectivity index (χ0v) is 12.1. The molecule has 0 aromatic rings. The smallest absolute Gasteiger partial charge is 0.220 e. The largest absolute Gasteiger partial charge is 0.353 e. The van der Waals surface area contributed by atoms with Crippen LogP contribution in [-0.2, 0) is 4.79 Å². The Morgan fingerprint density at radius 2 is 2.06 bits per heavy atom. The number of halogens is 1. The highest BCUT2D eigenvalue weighted by Gasteiger charge is 2.25. The third kappa shape index (κ3) is 4.86. The van der Waals surface area contributed by atoms with Gasteiger partial charge in [-0.25, -0.2) is 0 Å². The first-order chi connectivity index (χ1) is 7.63. The molecule has 0 heterocycles. The number of alkyl halides is 1. The van der Waals surface area contributed by atoms with E-state index in [0.717, 1.165) is 18.2 Å². The van der Waals surface area contributed by atoms with Crippen molar-refractivity contribution < 1.29 is 4.79 Å². The Morgan fingerprint density at radius 3 is 2.69 bits per heavy atom. The highest BCUT2D eigenvalue weighted by Crippen LogP contribution is 2.26. The molecule has 0 aromatic heterocycles. The summed E-state index contributed by atoms with van der Waals surface area (Å²) in [4.78, 5) is 11.8. The van der Waals surface area contributed by atoms with Crippen LogP contribution in [-0.4, -0.2) is 17.3 Å². The highest BCUT2D eigenvalue weighted by molar-refractivity contribution is 9.09. The molecular weight excluding hydrogens is 266 g/mol. The lowest BCUT2D eigenvalue weighted by atomic mass is 9.86. The molecule has 2 atom stereocenters. The molecule has 0 aromatic carbocycles. The van der Waals surface area contributed by atoms with E-state index in [1.807, 2.05) is 0 Å². The molecule has 1 rings (SSSR count). The zero-order chi connectivity index (χ0) is 12.0. The van der Waals surface area contributed by atoms with Crippen LogP contribution in [0, 0.1) is 11.8 Å². The highest BCUT2D eigenvalue weighted by atomic mass is 79.9. The molecule has 2 nitrogen and oxygen atoms in total. The summed E-state index contributed by atoms with van der Waals surface area (Å²) in [5.74, 6) is 1.49. The maximum atomic E-state index is 11.8. The molecule has 0 aliphatic heterocycles. The van der Waals surface area contributed by atoms with E-state index in [9.17, 15) is 4.79 Å². The summed E-state index contributed by atoms with van der Waals surface area (Å²) in [6, 6.07) is 0.410. The van der Waals surface area contributed by atoms with Crippen LogP contribution in [0.2, 0.25) is 0 Å². The SMILES string of the molecule is CC(C)CCC(=O)NC1CCCCC1CBr. The second-order valence-corrected chi connectivity index (χ2v) is 5.95. The van der Waals surface area contributed by atoms with Crippen molar-refractivity contribution in [2.24, 2.45) is 11.8 Å². The molecule has 3 heteroatoms. The lowest BCUT2D eigenvalue weighted by Gasteiger charge is -2.31. The van der Waals surface area contributed by atoms with Gasteiger partial charge in [-0.05, 0) is 31.1 Å². The van der Waals surface area contributed by atoms with Crippen LogP contribution >= 0.6 is 15.9 Å². The van der Waals surface area contributed by atoms with Crippen molar-refractivity contribution in [3.05, 3.63) is 0 Å². The molecule has 2 unspecified atom stereocenters. The Hall–Kier alpha value is -0.0500. The van der Waals surface area contributed by atoms with Gasteiger partial charge in [-0.1, -0.05) is 42.6 Å². The Labute approximate surface area is 108 Å². The molecule has 1 fully saturated rings. The summed E-state index contributed by atoms with van der Waals surface area (Å²) in [6.07, 6.45) is 6.66. The predicted octanol–water partition coefficient (Wildman–Crippen LogP) is 3.49. The average Bonchev–Trinajstić information content (AvgIpc) is 2.27. The van der Waals surface area contributed by atoms with Crippen molar-refractivity contribution in [2.75, 3.05) is 5.33 Å². The summed E-state index contributed by atoms with van der Waals surface area (Å²) in [6.45, 7) is 4.32. The molecule has 1 aliphatic rings. The molecule has 0 spiro atoms. The Morgan fingerprint density at radius 1 is 1.38 bits per heavy atom. The Balaban J connectivity index is 2.30. The maximum absolute atomic E-state index is 11.8. The first kappa shape index (κ1) is 14.0. The summed E-state index contributed by atoms with van der Waals surface area (Å²) < 4.78 is 0. The van der Waals surface area contributed by atoms with Crippen LogP contribution in [0.4, 0.5) is 0 Å². The lowest BCUT2D eigenvalue weighted by Crippen LogP contribution is -2.42. The zero-order valence-electron chi connectivity index (χ0n) is 10.5. The summed E-state index contributed by atoms with van der Waals surface area (Å²) in [5, 5.41) is 4.22. The monoisotopic (exact) mass is 289 g/mol. The molecule has 1 saturated carbocycles. The molecule has 94 valence electrons. The van der Waals surface area contributed by atoms with Gasteiger partial charge in [0.25, 0.3) is 0 Å². The third-order valence-corrected chi connectivity index (χ3v) is 4.23. The van der Waals surface area contributed by atoms with E-state index in [0.29, 0.717) is 24.3 Å². The van der Waals surface area contributed by atoms with Crippen molar-refractivity contribution in [3.8, 4) is 0 Å². The van der Waals surface area contributed by atoms with Gasteiger partial charge < -0.3 is 5.32 Å². The normalized spacial score (nSPS) is 25.8. The number of rotatable bonds is 5. The first-order valence-corrected chi connectivity index (χ1v) is 7.61. The Bertz CT molecular complexity index is 218. The van der Waals surface area contributed by atoms with Crippen LogP contribution in [0.1, 0.15) is 52.4 Å². The van der Waals surface area contributed by atoms with Crippen LogP contribution in [0.25, 0.3) is 0 Å². The first-order valence-electron chi connectivity index (χ1n) is 6.48. The summed E-state index contributed by atoms with van der Waals surface area (Å²) >= 11 is 3.55. The van der Waals surface area contributed by atoms with E-state index in [-0.39, 0.29) is 5.91 Å². The van der Waals surface area contributed by atoms with Gasteiger partial charge in [0.1, 0.15) is 0 Å². The second-order valence-electron chi connectivity index (χ2n) is 5.31. The number of amides is 1. The number of nitrogens with one attached hydrogen (secondary N) is 1. The topological polar surface area (TPSA) is 29.1 Å². The van der Waals surface area contributed by atoms with Gasteiger partial charge in [0.05, 0.1) is 0 Å². The van der Waals surface area contributed by atoms with E-state index >= 15 is 0 Å². The van der Waals surface area contributed by atoms with Crippen molar-refractivity contribution in [1.29, 1.82) is 0 Å². The van der Waals surface area contributed by atoms with Crippen molar-refractivity contribution in [2.45, 2.75) is 58.4 Å². The number of hydrogen-bond acceptors (Lipinski definition) is 1. The Kier molecular flexibility index (Phi) is 6.40. The van der Waals surface area contributed by atoms with Gasteiger partial charge in [0.2, 0.25) is 5.91 Å². The standard InChI is InChI=1S/C13H24BrNO/c1-10(2)7-8-13(16)15-12-6-4-3-5-11(12)9-14/h10-12H,3-9H2,1-2H3,(H,15,16). The van der Waals surface area contributed by atoms with Crippen LogP contribution < -0.4 is 5.32 Å². The molecule has 1 amide bonds. The van der Waals surface area contributed by atoms with Crippen molar-refractivity contribution in [3.63, 3.8) is 0 Å². The van der Waals surface area contributed by atoms with Gasteiger partial charge in [-0.2, -0.15) is 0 Å². The molecule has 1 N–H and O–H groups in total. The number of hydrogen-bond donors (Lipinski definition) is 1. The average molecular weight is 290 g/mol. The molecule has 0 radical (unpaired) electrons. The predicted molar refractivity (Wildman–Crippen MR) is 71.8 cm³/mol. The lowest BCUT2D eigenvalue weighted by molar-refractivity contribution is -0.122. The maximum Gasteiger partial charge on any atom is 0.220 e. The summed E-state index contributed by atoms with van der Waals surface area (Å²) in [7, 11) is 0. The van der Waals surface area contributed by atoms with E-state index in [4.69, 9.17) is 0 Å². The molecular formula is C13H24BrNO. The molecule has 16 heavy (non-hydrogen) atoms. The number of carbonyl (C=O) groups excluding carboxylic acids is 1.